The van der Waals surface area contributed by atoms with Gasteiger partial charge in [0.25, 0.3) is 0 Å². The van der Waals surface area contributed by atoms with Crippen LogP contribution in [0.25, 0.3) is 6.08 Å². The zero-order valence-electron chi connectivity index (χ0n) is 15.1. The van der Waals surface area contributed by atoms with Gasteiger partial charge in [-0.25, -0.2) is 17.8 Å². The van der Waals surface area contributed by atoms with Gasteiger partial charge in [-0.15, -0.1) is 0 Å². The third-order valence-electron chi connectivity index (χ3n) is 3.55. The molecule has 2 aromatic rings. The van der Waals surface area contributed by atoms with Crippen LogP contribution in [0.3, 0.4) is 0 Å². The molecule has 1 amide bonds. The van der Waals surface area contributed by atoms with Crippen LogP contribution in [0.1, 0.15) is 16.7 Å². The fraction of sp³-hybridized carbons (Fsp3) is 0.222. The molecular formula is C18H20FN3O4S. The lowest BCUT2D eigenvalue weighted by Gasteiger charge is -2.08. The van der Waals surface area contributed by atoms with Crippen molar-refractivity contribution in [3.05, 3.63) is 59.0 Å². The Morgan fingerprint density at radius 3 is 2.67 bits per heavy atom. The molecule has 0 radical (unpaired) electrons. The zero-order chi connectivity index (χ0) is 20.0. The number of pyridine rings is 1. The summed E-state index contributed by atoms with van der Waals surface area (Å²) in [6, 6.07) is 5.75. The number of carbonyl (C=O) groups is 1. The number of aryl methyl sites for hydroxylation is 1. The number of nitrogens with one attached hydrogen (secondary N) is 2. The van der Waals surface area contributed by atoms with E-state index in [4.69, 9.17) is 4.74 Å². The lowest BCUT2D eigenvalue weighted by Crippen LogP contribution is -2.20. The molecule has 144 valence electrons. The number of amides is 1. The molecule has 1 aromatic carbocycles. The number of halogens is 1. The van der Waals surface area contributed by atoms with Crippen LogP contribution in [0.15, 0.2) is 36.5 Å². The molecule has 0 spiro atoms. The standard InChI is InChI=1S/C18H20FN3O4S/c1-12-8-18(26-2)21-11-14(12)5-7-17(23)20-10-13-4-6-16(15(19)9-13)22-27(3,24)25/h4-9,11,22H,10H2,1-3H3,(H,20,23)/b7-5+. The Bertz CT molecular complexity index is 975. The van der Waals surface area contributed by atoms with Crippen molar-refractivity contribution in [2.24, 2.45) is 0 Å². The molecule has 1 heterocycles. The number of aromatic nitrogens is 1. The van der Waals surface area contributed by atoms with Gasteiger partial charge in [0.05, 0.1) is 19.1 Å². The fourth-order valence-electron chi connectivity index (χ4n) is 2.19. The summed E-state index contributed by atoms with van der Waals surface area (Å²) in [6.07, 6.45) is 5.51. The smallest absolute Gasteiger partial charge is 0.244 e. The first kappa shape index (κ1) is 20.4. The van der Waals surface area contributed by atoms with Gasteiger partial charge in [0.1, 0.15) is 5.82 Å². The minimum atomic E-state index is -3.56. The largest absolute Gasteiger partial charge is 0.481 e. The first-order valence-electron chi connectivity index (χ1n) is 7.90. The van der Waals surface area contributed by atoms with Crippen molar-refractivity contribution in [2.75, 3.05) is 18.1 Å². The first-order valence-corrected chi connectivity index (χ1v) is 9.80. The molecule has 2 N–H and O–H groups in total. The van der Waals surface area contributed by atoms with Crippen molar-refractivity contribution in [3.63, 3.8) is 0 Å². The highest BCUT2D eigenvalue weighted by Gasteiger charge is 2.08. The van der Waals surface area contributed by atoms with E-state index in [2.05, 4.69) is 15.0 Å². The van der Waals surface area contributed by atoms with Gasteiger partial charge in [-0.2, -0.15) is 0 Å². The fourth-order valence-corrected chi connectivity index (χ4v) is 2.76. The van der Waals surface area contributed by atoms with E-state index in [1.807, 2.05) is 6.92 Å². The van der Waals surface area contributed by atoms with Crippen molar-refractivity contribution < 1.29 is 22.3 Å². The number of benzene rings is 1. The maximum Gasteiger partial charge on any atom is 0.244 e. The normalized spacial score (nSPS) is 11.4. The first-order chi connectivity index (χ1) is 12.7. The molecule has 0 aliphatic carbocycles. The number of nitrogens with zero attached hydrogens (tertiary/aromatic N) is 1. The molecule has 7 nitrogen and oxygen atoms in total. The van der Waals surface area contributed by atoms with Crippen LogP contribution in [0.2, 0.25) is 0 Å². The van der Waals surface area contributed by atoms with E-state index in [-0.39, 0.29) is 18.1 Å². The molecule has 0 saturated carbocycles. The minimum Gasteiger partial charge on any atom is -0.481 e. The third kappa shape index (κ3) is 6.37. The monoisotopic (exact) mass is 393 g/mol. The van der Waals surface area contributed by atoms with Gasteiger partial charge in [-0.3, -0.25) is 9.52 Å². The molecular weight excluding hydrogens is 373 g/mol. The van der Waals surface area contributed by atoms with Crippen LogP contribution in [-0.4, -0.2) is 32.7 Å². The second-order valence-electron chi connectivity index (χ2n) is 5.82. The quantitative estimate of drug-likeness (QED) is 0.703. The van der Waals surface area contributed by atoms with E-state index in [1.54, 1.807) is 18.3 Å². The Balaban J connectivity index is 1.96. The topological polar surface area (TPSA) is 97.4 Å². The molecule has 1 aromatic heterocycles. The van der Waals surface area contributed by atoms with Crippen LogP contribution in [-0.2, 0) is 21.4 Å². The van der Waals surface area contributed by atoms with Crippen molar-refractivity contribution in [1.29, 1.82) is 0 Å². The van der Waals surface area contributed by atoms with E-state index < -0.39 is 15.8 Å². The Kier molecular flexibility index (Phi) is 6.51. The number of anilines is 1. The van der Waals surface area contributed by atoms with Crippen LogP contribution < -0.4 is 14.8 Å². The van der Waals surface area contributed by atoms with Crippen molar-refractivity contribution in [2.45, 2.75) is 13.5 Å². The molecule has 0 aliphatic heterocycles. The Hall–Kier alpha value is -2.94. The van der Waals surface area contributed by atoms with Crippen molar-refractivity contribution in [1.82, 2.24) is 10.3 Å². The highest BCUT2D eigenvalue weighted by atomic mass is 32.2. The summed E-state index contributed by atoms with van der Waals surface area (Å²) in [7, 11) is -2.04. The number of hydrogen-bond donors (Lipinski definition) is 2. The summed E-state index contributed by atoms with van der Waals surface area (Å²) < 4.78 is 43.3. The molecule has 0 aliphatic rings. The molecule has 9 heteroatoms. The molecule has 2 rings (SSSR count). The average molecular weight is 393 g/mol. The van der Waals surface area contributed by atoms with Gasteiger partial charge in [0.2, 0.25) is 21.8 Å². The molecule has 0 atom stereocenters. The number of methoxy groups -OCH3 is 1. The molecule has 0 bridgehead atoms. The van der Waals surface area contributed by atoms with E-state index in [1.165, 1.54) is 25.3 Å². The zero-order valence-corrected chi connectivity index (χ0v) is 15.9. The molecule has 27 heavy (non-hydrogen) atoms. The third-order valence-corrected chi connectivity index (χ3v) is 4.14. The highest BCUT2D eigenvalue weighted by molar-refractivity contribution is 7.92. The maximum absolute atomic E-state index is 13.9. The Labute approximate surface area is 157 Å². The van der Waals surface area contributed by atoms with Gasteiger partial charge in [0.15, 0.2) is 0 Å². The molecule has 0 fully saturated rings. The molecule has 0 unspecified atom stereocenters. The number of ether oxygens (including phenoxy) is 1. The van der Waals surface area contributed by atoms with Crippen molar-refractivity contribution in [3.8, 4) is 5.88 Å². The minimum absolute atomic E-state index is 0.0963. The number of rotatable bonds is 7. The van der Waals surface area contributed by atoms with E-state index in [9.17, 15) is 17.6 Å². The lowest BCUT2D eigenvalue weighted by molar-refractivity contribution is -0.116. The SMILES string of the molecule is COc1cc(C)c(/C=C/C(=O)NCc2ccc(NS(C)(=O)=O)c(F)c2)cn1. The summed E-state index contributed by atoms with van der Waals surface area (Å²) in [5.41, 5.74) is 2.03. The second-order valence-corrected chi connectivity index (χ2v) is 7.57. The molecule has 0 saturated heterocycles. The summed E-state index contributed by atoms with van der Waals surface area (Å²) in [6.45, 7) is 1.97. The summed E-state index contributed by atoms with van der Waals surface area (Å²) in [5, 5.41) is 2.63. The van der Waals surface area contributed by atoms with E-state index in [0.717, 1.165) is 23.4 Å². The lowest BCUT2D eigenvalue weighted by atomic mass is 10.1. The van der Waals surface area contributed by atoms with E-state index in [0.29, 0.717) is 11.4 Å². The highest BCUT2D eigenvalue weighted by Crippen LogP contribution is 2.17. The van der Waals surface area contributed by atoms with Gasteiger partial charge in [0, 0.05) is 24.9 Å². The average Bonchev–Trinajstić information content (AvgIpc) is 2.59. The van der Waals surface area contributed by atoms with Crippen LogP contribution >= 0.6 is 0 Å². The van der Waals surface area contributed by atoms with E-state index >= 15 is 0 Å². The van der Waals surface area contributed by atoms with Crippen LogP contribution in [0.5, 0.6) is 5.88 Å². The number of hydrogen-bond acceptors (Lipinski definition) is 5. The second kappa shape index (κ2) is 8.63. The van der Waals surface area contributed by atoms with Crippen LogP contribution in [0, 0.1) is 12.7 Å². The van der Waals surface area contributed by atoms with Gasteiger partial charge < -0.3 is 10.1 Å². The van der Waals surface area contributed by atoms with Gasteiger partial charge >= 0.3 is 0 Å². The maximum atomic E-state index is 13.9. The predicted octanol–water partition coefficient (Wildman–Crippen LogP) is 2.24. The summed E-state index contributed by atoms with van der Waals surface area (Å²) >= 11 is 0. The summed E-state index contributed by atoms with van der Waals surface area (Å²) in [4.78, 5) is 16.0. The predicted molar refractivity (Wildman–Crippen MR) is 101 cm³/mol. The van der Waals surface area contributed by atoms with Crippen molar-refractivity contribution >= 4 is 27.7 Å². The van der Waals surface area contributed by atoms with Gasteiger partial charge in [-0.1, -0.05) is 6.07 Å². The Morgan fingerprint density at radius 1 is 1.33 bits per heavy atom. The van der Waals surface area contributed by atoms with Gasteiger partial charge in [-0.05, 0) is 41.8 Å². The Morgan fingerprint density at radius 2 is 2.07 bits per heavy atom. The number of carbonyl (C=O) groups excluding carboxylic acids is 1. The van der Waals surface area contributed by atoms with Crippen LogP contribution in [0.4, 0.5) is 10.1 Å². The summed E-state index contributed by atoms with van der Waals surface area (Å²) in [5.74, 6) is -0.587. The number of sulfonamides is 1.